The third kappa shape index (κ3) is 4.85. The summed E-state index contributed by atoms with van der Waals surface area (Å²) in [6, 6.07) is 15.1. The molecule has 0 atom stereocenters. The molecule has 0 spiro atoms. The van der Waals surface area contributed by atoms with Crippen molar-refractivity contribution in [3.05, 3.63) is 70.9 Å². The largest absolute Gasteiger partial charge is 0.462 e. The monoisotopic (exact) mass is 376 g/mol. The van der Waals surface area contributed by atoms with Gasteiger partial charge in [-0.15, -0.1) is 0 Å². The SMILES string of the molecule is CCOC(=O)c1ccc(Nc2cc(C)nc(Nc3ccc(C)cc3C)n2)cc1. The molecule has 0 aliphatic carbocycles. The molecule has 0 saturated carbocycles. The summed E-state index contributed by atoms with van der Waals surface area (Å²) < 4.78 is 5.00. The standard InChI is InChI=1S/C22H24N4O2/c1-5-28-21(27)17-7-9-18(10-8-17)24-20-13-16(4)23-22(26-20)25-19-11-6-14(2)12-15(19)3/h6-13H,5H2,1-4H3,(H2,23,24,25,26). The van der Waals surface area contributed by atoms with Crippen LogP contribution < -0.4 is 10.6 Å². The van der Waals surface area contributed by atoms with Crippen LogP contribution in [0, 0.1) is 20.8 Å². The molecule has 2 N–H and O–H groups in total. The summed E-state index contributed by atoms with van der Waals surface area (Å²) in [5.74, 6) is 0.869. The van der Waals surface area contributed by atoms with Crippen LogP contribution in [-0.2, 0) is 4.74 Å². The average Bonchev–Trinajstić information content (AvgIpc) is 2.64. The zero-order chi connectivity index (χ0) is 20.1. The van der Waals surface area contributed by atoms with Crippen molar-refractivity contribution >= 4 is 29.1 Å². The Morgan fingerprint density at radius 1 is 0.964 bits per heavy atom. The van der Waals surface area contributed by atoms with Crippen LogP contribution in [0.5, 0.6) is 0 Å². The van der Waals surface area contributed by atoms with Crippen LogP contribution in [0.4, 0.5) is 23.1 Å². The predicted octanol–water partition coefficient (Wildman–Crippen LogP) is 5.07. The Morgan fingerprint density at radius 2 is 1.71 bits per heavy atom. The Morgan fingerprint density at radius 3 is 2.39 bits per heavy atom. The number of aromatic nitrogens is 2. The highest BCUT2D eigenvalue weighted by Crippen LogP contribution is 2.22. The van der Waals surface area contributed by atoms with Gasteiger partial charge in [-0.25, -0.2) is 9.78 Å². The molecule has 0 bridgehead atoms. The maximum atomic E-state index is 11.8. The van der Waals surface area contributed by atoms with Crippen LogP contribution in [0.2, 0.25) is 0 Å². The second-order valence-corrected chi connectivity index (χ2v) is 6.58. The van der Waals surface area contributed by atoms with E-state index in [4.69, 9.17) is 4.74 Å². The Labute approximate surface area is 165 Å². The minimum Gasteiger partial charge on any atom is -0.462 e. The molecular weight excluding hydrogens is 352 g/mol. The maximum Gasteiger partial charge on any atom is 0.338 e. The highest BCUT2D eigenvalue weighted by atomic mass is 16.5. The topological polar surface area (TPSA) is 76.1 Å². The van der Waals surface area contributed by atoms with Crippen molar-refractivity contribution in [1.29, 1.82) is 0 Å². The molecule has 3 rings (SSSR count). The van der Waals surface area contributed by atoms with Crippen molar-refractivity contribution in [3.63, 3.8) is 0 Å². The van der Waals surface area contributed by atoms with Gasteiger partial charge in [0, 0.05) is 23.1 Å². The number of carbonyl (C=O) groups excluding carboxylic acids is 1. The van der Waals surface area contributed by atoms with Gasteiger partial charge >= 0.3 is 5.97 Å². The third-order valence-electron chi connectivity index (χ3n) is 4.15. The summed E-state index contributed by atoms with van der Waals surface area (Å²) in [7, 11) is 0. The summed E-state index contributed by atoms with van der Waals surface area (Å²) in [5, 5.41) is 6.53. The van der Waals surface area contributed by atoms with E-state index in [2.05, 4.69) is 46.6 Å². The van der Waals surface area contributed by atoms with Crippen LogP contribution in [0.25, 0.3) is 0 Å². The Bertz CT molecular complexity index is 984. The van der Waals surface area contributed by atoms with Gasteiger partial charge in [0.2, 0.25) is 5.95 Å². The van der Waals surface area contributed by atoms with Crippen molar-refractivity contribution < 1.29 is 9.53 Å². The number of hydrogen-bond acceptors (Lipinski definition) is 6. The molecule has 0 aliphatic heterocycles. The quantitative estimate of drug-likeness (QED) is 0.585. The van der Waals surface area contributed by atoms with Gasteiger partial charge in [-0.05, 0) is 63.6 Å². The van der Waals surface area contributed by atoms with Crippen molar-refractivity contribution in [2.75, 3.05) is 17.2 Å². The molecule has 0 saturated heterocycles. The van der Waals surface area contributed by atoms with E-state index in [1.54, 1.807) is 19.1 Å². The number of carbonyl (C=O) groups is 1. The highest BCUT2D eigenvalue weighted by molar-refractivity contribution is 5.89. The van der Waals surface area contributed by atoms with Gasteiger partial charge in [0.05, 0.1) is 12.2 Å². The number of ether oxygens (including phenoxy) is 1. The molecule has 2 aromatic carbocycles. The fourth-order valence-corrected chi connectivity index (χ4v) is 2.81. The summed E-state index contributed by atoms with van der Waals surface area (Å²) in [4.78, 5) is 20.8. The van der Waals surface area contributed by atoms with Crippen LogP contribution >= 0.6 is 0 Å². The van der Waals surface area contributed by atoms with Gasteiger partial charge < -0.3 is 15.4 Å². The minimum atomic E-state index is -0.327. The number of nitrogens with one attached hydrogen (secondary N) is 2. The van der Waals surface area contributed by atoms with Crippen molar-refractivity contribution in [2.24, 2.45) is 0 Å². The van der Waals surface area contributed by atoms with Crippen LogP contribution in [0.15, 0.2) is 48.5 Å². The third-order valence-corrected chi connectivity index (χ3v) is 4.15. The number of nitrogens with zero attached hydrogens (tertiary/aromatic N) is 2. The molecule has 144 valence electrons. The summed E-state index contributed by atoms with van der Waals surface area (Å²) >= 11 is 0. The zero-order valence-electron chi connectivity index (χ0n) is 16.5. The van der Waals surface area contributed by atoms with Gasteiger partial charge in [-0.2, -0.15) is 4.98 Å². The first-order chi connectivity index (χ1) is 13.4. The van der Waals surface area contributed by atoms with E-state index < -0.39 is 0 Å². The average molecular weight is 376 g/mol. The number of anilines is 4. The molecule has 28 heavy (non-hydrogen) atoms. The van der Waals surface area contributed by atoms with Gasteiger partial charge in [0.15, 0.2) is 0 Å². The lowest BCUT2D eigenvalue weighted by atomic mass is 10.1. The minimum absolute atomic E-state index is 0.327. The molecule has 0 fully saturated rings. The van der Waals surface area contributed by atoms with Crippen LogP contribution in [-0.4, -0.2) is 22.5 Å². The molecule has 1 heterocycles. The molecular formula is C22H24N4O2. The lowest BCUT2D eigenvalue weighted by molar-refractivity contribution is 0.0526. The van der Waals surface area contributed by atoms with E-state index in [-0.39, 0.29) is 5.97 Å². The second kappa shape index (κ2) is 8.52. The van der Waals surface area contributed by atoms with Crippen molar-refractivity contribution in [2.45, 2.75) is 27.7 Å². The zero-order valence-corrected chi connectivity index (χ0v) is 16.5. The molecule has 6 heteroatoms. The van der Waals surface area contributed by atoms with E-state index in [9.17, 15) is 4.79 Å². The van der Waals surface area contributed by atoms with E-state index >= 15 is 0 Å². The van der Waals surface area contributed by atoms with Crippen molar-refractivity contribution in [1.82, 2.24) is 9.97 Å². The number of esters is 1. The highest BCUT2D eigenvalue weighted by Gasteiger charge is 2.08. The Balaban J connectivity index is 1.77. The predicted molar refractivity (Wildman–Crippen MR) is 112 cm³/mol. The smallest absolute Gasteiger partial charge is 0.338 e. The van der Waals surface area contributed by atoms with E-state index in [0.29, 0.717) is 23.9 Å². The van der Waals surface area contributed by atoms with E-state index in [1.165, 1.54) is 5.56 Å². The molecule has 0 aliphatic rings. The number of hydrogen-bond donors (Lipinski definition) is 2. The first-order valence-electron chi connectivity index (χ1n) is 9.19. The number of rotatable bonds is 6. The lowest BCUT2D eigenvalue weighted by Gasteiger charge is -2.12. The molecule has 3 aromatic rings. The molecule has 0 unspecified atom stereocenters. The van der Waals surface area contributed by atoms with Crippen molar-refractivity contribution in [3.8, 4) is 0 Å². The maximum absolute atomic E-state index is 11.8. The van der Waals surface area contributed by atoms with Crippen LogP contribution in [0.3, 0.4) is 0 Å². The van der Waals surface area contributed by atoms with Crippen LogP contribution in [0.1, 0.15) is 34.1 Å². The fourth-order valence-electron chi connectivity index (χ4n) is 2.81. The Hall–Kier alpha value is -3.41. The first kappa shape index (κ1) is 19.4. The first-order valence-corrected chi connectivity index (χ1v) is 9.19. The summed E-state index contributed by atoms with van der Waals surface area (Å²) in [6.07, 6.45) is 0. The molecule has 6 nitrogen and oxygen atoms in total. The lowest BCUT2D eigenvalue weighted by Crippen LogP contribution is -2.05. The fraction of sp³-hybridized carbons (Fsp3) is 0.227. The van der Waals surface area contributed by atoms with Gasteiger partial charge in [0.1, 0.15) is 5.82 Å². The molecule has 1 aromatic heterocycles. The van der Waals surface area contributed by atoms with E-state index in [1.807, 2.05) is 31.2 Å². The van der Waals surface area contributed by atoms with E-state index in [0.717, 1.165) is 22.6 Å². The second-order valence-electron chi connectivity index (χ2n) is 6.58. The molecule has 0 amide bonds. The Kier molecular flexibility index (Phi) is 5.89. The van der Waals surface area contributed by atoms with Gasteiger partial charge in [-0.1, -0.05) is 17.7 Å². The molecule has 0 radical (unpaired) electrons. The summed E-state index contributed by atoms with van der Waals surface area (Å²) in [6.45, 7) is 8.18. The normalized spacial score (nSPS) is 10.4. The number of aryl methyl sites for hydroxylation is 3. The van der Waals surface area contributed by atoms with Gasteiger partial charge in [0.25, 0.3) is 0 Å². The summed E-state index contributed by atoms with van der Waals surface area (Å²) in [5.41, 5.74) is 5.50. The number of benzene rings is 2. The van der Waals surface area contributed by atoms with Gasteiger partial charge in [-0.3, -0.25) is 0 Å².